The third-order valence-corrected chi connectivity index (χ3v) is 3.70. The van der Waals surface area contributed by atoms with Gasteiger partial charge in [0.05, 0.1) is 6.54 Å². The molecule has 1 saturated heterocycles. The molecule has 0 aromatic carbocycles. The van der Waals surface area contributed by atoms with Crippen molar-refractivity contribution in [3.8, 4) is 0 Å². The zero-order chi connectivity index (χ0) is 15.8. The number of carboxylic acid groups (broad SMARTS) is 1. The van der Waals surface area contributed by atoms with Crippen molar-refractivity contribution >= 4 is 17.8 Å². The van der Waals surface area contributed by atoms with Gasteiger partial charge >= 0.3 is 5.97 Å². The number of carboxylic acids is 1. The molecule has 7 nitrogen and oxygen atoms in total. The minimum Gasteiger partial charge on any atom is -0.481 e. The summed E-state index contributed by atoms with van der Waals surface area (Å²) in [6.45, 7) is 0.591. The lowest BCUT2D eigenvalue weighted by Crippen LogP contribution is -2.48. The standard InChI is InChI=1S/C14H24N2O5/c1-15(13(18)10-21-2)9-12(17)16-8-4-3-5-11(16)6-7-14(19)20/h11H,3-10H2,1-2H3,(H,19,20). The fraction of sp³-hybridized carbons (Fsp3) is 0.786. The first-order chi connectivity index (χ1) is 9.95. The fourth-order valence-corrected chi connectivity index (χ4v) is 2.53. The molecule has 1 fully saturated rings. The van der Waals surface area contributed by atoms with E-state index in [2.05, 4.69) is 0 Å². The van der Waals surface area contributed by atoms with Crippen LogP contribution in [0.25, 0.3) is 0 Å². The van der Waals surface area contributed by atoms with Gasteiger partial charge in [-0.05, 0) is 25.7 Å². The van der Waals surface area contributed by atoms with Gasteiger partial charge in [0.25, 0.3) is 0 Å². The summed E-state index contributed by atoms with van der Waals surface area (Å²) in [7, 11) is 3.00. The third kappa shape index (κ3) is 5.71. The number of likely N-dealkylation sites (tertiary alicyclic amines) is 1. The molecule has 0 aromatic heterocycles. The van der Waals surface area contributed by atoms with E-state index in [0.29, 0.717) is 13.0 Å². The molecular formula is C14H24N2O5. The summed E-state index contributed by atoms with van der Waals surface area (Å²) in [6, 6.07) is -0.0340. The van der Waals surface area contributed by atoms with E-state index < -0.39 is 5.97 Å². The molecule has 0 spiro atoms. The first kappa shape index (κ1) is 17.4. The van der Waals surface area contributed by atoms with Crippen LogP contribution in [0.5, 0.6) is 0 Å². The summed E-state index contributed by atoms with van der Waals surface area (Å²) >= 11 is 0. The number of piperidine rings is 1. The first-order valence-corrected chi connectivity index (χ1v) is 7.20. The maximum atomic E-state index is 12.3. The van der Waals surface area contributed by atoms with Crippen molar-refractivity contribution in [1.82, 2.24) is 9.80 Å². The van der Waals surface area contributed by atoms with Crippen LogP contribution in [-0.4, -0.2) is 72.6 Å². The summed E-state index contributed by atoms with van der Waals surface area (Å²) in [5.74, 6) is -1.22. The van der Waals surface area contributed by atoms with Crippen molar-refractivity contribution in [2.24, 2.45) is 0 Å². The Labute approximate surface area is 124 Å². The number of rotatable bonds is 7. The molecule has 1 unspecified atom stereocenters. The molecule has 1 heterocycles. The molecular weight excluding hydrogens is 276 g/mol. The topological polar surface area (TPSA) is 87.2 Å². The van der Waals surface area contributed by atoms with Gasteiger partial charge in [0.1, 0.15) is 6.61 Å². The molecule has 0 saturated carbocycles. The molecule has 2 amide bonds. The summed E-state index contributed by atoms with van der Waals surface area (Å²) in [5.41, 5.74) is 0. The SMILES string of the molecule is COCC(=O)N(C)CC(=O)N1CCCCC1CCC(=O)O. The van der Waals surface area contributed by atoms with E-state index in [1.165, 1.54) is 12.0 Å². The normalized spacial score (nSPS) is 18.4. The van der Waals surface area contributed by atoms with Gasteiger partial charge in [-0.25, -0.2) is 0 Å². The number of carbonyl (C=O) groups excluding carboxylic acids is 2. The van der Waals surface area contributed by atoms with Crippen LogP contribution in [-0.2, 0) is 19.1 Å². The van der Waals surface area contributed by atoms with Crippen LogP contribution < -0.4 is 0 Å². The van der Waals surface area contributed by atoms with Crippen molar-refractivity contribution in [3.05, 3.63) is 0 Å². The van der Waals surface area contributed by atoms with Crippen molar-refractivity contribution in [2.75, 3.05) is 33.9 Å². The van der Waals surface area contributed by atoms with Crippen LogP contribution in [0.15, 0.2) is 0 Å². The van der Waals surface area contributed by atoms with Crippen LogP contribution in [0, 0.1) is 0 Å². The second-order valence-corrected chi connectivity index (χ2v) is 5.35. The molecule has 0 aromatic rings. The number of hydrogen-bond donors (Lipinski definition) is 1. The van der Waals surface area contributed by atoms with E-state index in [-0.39, 0.29) is 37.4 Å². The molecule has 7 heteroatoms. The highest BCUT2D eigenvalue weighted by molar-refractivity contribution is 5.85. The van der Waals surface area contributed by atoms with Crippen LogP contribution in [0.4, 0.5) is 0 Å². The lowest BCUT2D eigenvalue weighted by atomic mass is 9.98. The van der Waals surface area contributed by atoms with Crippen molar-refractivity contribution in [2.45, 2.75) is 38.1 Å². The van der Waals surface area contributed by atoms with E-state index in [9.17, 15) is 14.4 Å². The summed E-state index contributed by atoms with van der Waals surface area (Å²) < 4.78 is 4.76. The molecule has 120 valence electrons. The Hall–Kier alpha value is -1.63. The summed E-state index contributed by atoms with van der Waals surface area (Å²) in [6.07, 6.45) is 3.29. The molecule has 1 atom stereocenters. The van der Waals surface area contributed by atoms with Gasteiger partial charge in [-0.15, -0.1) is 0 Å². The van der Waals surface area contributed by atoms with E-state index in [4.69, 9.17) is 9.84 Å². The maximum Gasteiger partial charge on any atom is 0.303 e. The number of methoxy groups -OCH3 is 1. The molecule has 1 N–H and O–H groups in total. The van der Waals surface area contributed by atoms with Gasteiger partial charge in [0.2, 0.25) is 11.8 Å². The molecule has 0 aliphatic carbocycles. The van der Waals surface area contributed by atoms with Crippen molar-refractivity contribution in [1.29, 1.82) is 0 Å². The molecule has 1 aliphatic heterocycles. The van der Waals surface area contributed by atoms with Gasteiger partial charge in [0, 0.05) is 33.2 Å². The largest absolute Gasteiger partial charge is 0.481 e. The lowest BCUT2D eigenvalue weighted by molar-refractivity contribution is -0.144. The minimum absolute atomic E-state index is 0.00572. The van der Waals surface area contributed by atoms with Crippen LogP contribution >= 0.6 is 0 Å². The quantitative estimate of drug-likeness (QED) is 0.732. The van der Waals surface area contributed by atoms with E-state index in [1.54, 1.807) is 11.9 Å². The second kappa shape index (κ2) is 8.61. The zero-order valence-corrected chi connectivity index (χ0v) is 12.7. The number of aliphatic carboxylic acids is 1. The van der Waals surface area contributed by atoms with Gasteiger partial charge < -0.3 is 19.6 Å². The first-order valence-electron chi connectivity index (χ1n) is 7.20. The Morgan fingerprint density at radius 3 is 2.67 bits per heavy atom. The number of nitrogens with zero attached hydrogens (tertiary/aromatic N) is 2. The van der Waals surface area contributed by atoms with E-state index in [0.717, 1.165) is 19.3 Å². The highest BCUT2D eigenvalue weighted by Gasteiger charge is 2.28. The molecule has 21 heavy (non-hydrogen) atoms. The van der Waals surface area contributed by atoms with Crippen LogP contribution in [0.3, 0.4) is 0 Å². The van der Waals surface area contributed by atoms with E-state index >= 15 is 0 Å². The highest BCUT2D eigenvalue weighted by atomic mass is 16.5. The fourth-order valence-electron chi connectivity index (χ4n) is 2.53. The Bertz CT molecular complexity index is 386. The minimum atomic E-state index is -0.847. The number of hydrogen-bond acceptors (Lipinski definition) is 4. The van der Waals surface area contributed by atoms with Crippen LogP contribution in [0.2, 0.25) is 0 Å². The van der Waals surface area contributed by atoms with Crippen LogP contribution in [0.1, 0.15) is 32.1 Å². The predicted octanol–water partition coefficient (Wildman–Crippen LogP) is 0.337. The smallest absolute Gasteiger partial charge is 0.303 e. The Morgan fingerprint density at radius 1 is 1.33 bits per heavy atom. The summed E-state index contributed by atoms with van der Waals surface area (Å²) in [4.78, 5) is 37.7. The molecule has 1 aliphatic rings. The second-order valence-electron chi connectivity index (χ2n) is 5.35. The number of ether oxygens (including phenoxy) is 1. The van der Waals surface area contributed by atoms with Crippen molar-refractivity contribution in [3.63, 3.8) is 0 Å². The number of carbonyl (C=O) groups is 3. The van der Waals surface area contributed by atoms with Gasteiger partial charge in [-0.3, -0.25) is 14.4 Å². The molecule has 0 bridgehead atoms. The number of likely N-dealkylation sites (N-methyl/N-ethyl adjacent to an activating group) is 1. The maximum absolute atomic E-state index is 12.3. The van der Waals surface area contributed by atoms with E-state index in [1.807, 2.05) is 0 Å². The van der Waals surface area contributed by atoms with Crippen molar-refractivity contribution < 1.29 is 24.2 Å². The Morgan fingerprint density at radius 2 is 2.05 bits per heavy atom. The zero-order valence-electron chi connectivity index (χ0n) is 12.7. The van der Waals surface area contributed by atoms with Gasteiger partial charge in [-0.1, -0.05) is 0 Å². The monoisotopic (exact) mass is 300 g/mol. The predicted molar refractivity (Wildman–Crippen MR) is 75.7 cm³/mol. The Kier molecular flexibility index (Phi) is 7.14. The summed E-state index contributed by atoms with van der Waals surface area (Å²) in [5, 5.41) is 8.78. The lowest BCUT2D eigenvalue weighted by Gasteiger charge is -2.36. The van der Waals surface area contributed by atoms with Gasteiger partial charge in [-0.2, -0.15) is 0 Å². The average Bonchev–Trinajstić information content (AvgIpc) is 2.45. The molecule has 1 rings (SSSR count). The molecule has 0 radical (unpaired) electrons. The number of amides is 2. The Balaban J connectivity index is 2.55. The average molecular weight is 300 g/mol. The van der Waals surface area contributed by atoms with Gasteiger partial charge in [0.15, 0.2) is 0 Å². The highest BCUT2D eigenvalue weighted by Crippen LogP contribution is 2.21. The third-order valence-electron chi connectivity index (χ3n) is 3.70.